The molecule has 0 saturated heterocycles. The third kappa shape index (κ3) is 2.13. The Labute approximate surface area is 89.7 Å². The Morgan fingerprint density at radius 2 is 1.43 bits per heavy atom. The van der Waals surface area contributed by atoms with E-state index in [1.807, 2.05) is 0 Å². The van der Waals surface area contributed by atoms with E-state index in [4.69, 9.17) is 0 Å². The molecule has 0 fully saturated rings. The molecule has 0 spiro atoms. The Hall–Kier alpha value is -0.880. The first-order valence-electron chi connectivity index (χ1n) is 3.55. The van der Waals surface area contributed by atoms with Gasteiger partial charge in [0.15, 0.2) is 0 Å². The second-order valence-electron chi connectivity index (χ2n) is 2.22. The highest BCUT2D eigenvalue weighted by atomic mass is 32.2. The van der Waals surface area contributed by atoms with Crippen LogP contribution in [0.15, 0.2) is 20.6 Å². The minimum absolute atomic E-state index is 0.245. The van der Waals surface area contributed by atoms with Crippen molar-refractivity contribution in [3.05, 3.63) is 20.6 Å². The minimum atomic E-state index is -0.540. The Morgan fingerprint density at radius 3 is 1.71 bits per heavy atom. The van der Waals surface area contributed by atoms with Crippen molar-refractivity contribution in [1.82, 2.24) is 0 Å². The summed E-state index contributed by atoms with van der Waals surface area (Å²) in [6.45, 7) is 3.66. The number of ether oxygens (including phenoxy) is 2. The molecule has 1 aliphatic rings. The molecule has 0 atom stereocenters. The fourth-order valence-corrected chi connectivity index (χ4v) is 2.85. The Bertz CT molecular complexity index is 302. The van der Waals surface area contributed by atoms with Crippen LogP contribution in [0.5, 0.6) is 0 Å². The van der Waals surface area contributed by atoms with E-state index in [-0.39, 0.29) is 9.81 Å². The van der Waals surface area contributed by atoms with Gasteiger partial charge in [0.1, 0.15) is 9.81 Å². The lowest BCUT2D eigenvalue weighted by atomic mass is 10.5. The topological polar surface area (TPSA) is 52.6 Å². The molecule has 14 heavy (non-hydrogen) atoms. The average molecular weight is 232 g/mol. The smallest absolute Gasteiger partial charge is 0.346 e. The van der Waals surface area contributed by atoms with E-state index in [2.05, 4.69) is 16.1 Å². The number of hydrogen-bond donors (Lipinski definition) is 0. The summed E-state index contributed by atoms with van der Waals surface area (Å²) in [5.74, 6) is -1.08. The van der Waals surface area contributed by atoms with E-state index < -0.39 is 11.9 Å². The first-order valence-corrected chi connectivity index (χ1v) is 5.19. The highest BCUT2D eigenvalue weighted by Crippen LogP contribution is 2.48. The van der Waals surface area contributed by atoms with Gasteiger partial charge in [-0.05, 0) is 0 Å². The van der Waals surface area contributed by atoms with Gasteiger partial charge >= 0.3 is 11.9 Å². The summed E-state index contributed by atoms with van der Waals surface area (Å²) >= 11 is 2.25. The number of esters is 2. The van der Waals surface area contributed by atoms with Crippen LogP contribution in [0.4, 0.5) is 0 Å². The number of rotatable bonds is 2. The van der Waals surface area contributed by atoms with E-state index in [9.17, 15) is 9.59 Å². The van der Waals surface area contributed by atoms with Crippen LogP contribution in [0.3, 0.4) is 0 Å². The second-order valence-corrected chi connectivity index (χ2v) is 4.69. The number of thioether (sulfide) groups is 2. The largest absolute Gasteiger partial charge is 0.465 e. The van der Waals surface area contributed by atoms with Crippen LogP contribution in [0.2, 0.25) is 0 Å². The second kappa shape index (κ2) is 4.56. The van der Waals surface area contributed by atoms with Crippen molar-refractivity contribution in [3.8, 4) is 0 Å². The fraction of sp³-hybridized carbons (Fsp3) is 0.250. The van der Waals surface area contributed by atoms with Gasteiger partial charge in [-0.2, -0.15) is 0 Å². The third-order valence-corrected chi connectivity index (χ3v) is 3.61. The molecule has 0 N–H and O–H groups in total. The zero-order valence-corrected chi connectivity index (χ0v) is 9.29. The molecule has 0 bridgehead atoms. The van der Waals surface area contributed by atoms with Gasteiger partial charge in [-0.15, -0.1) is 0 Å². The third-order valence-electron chi connectivity index (χ3n) is 1.38. The predicted octanol–water partition coefficient (Wildman–Crippen LogP) is 1.50. The molecule has 1 aliphatic heterocycles. The van der Waals surface area contributed by atoms with Crippen molar-refractivity contribution in [2.24, 2.45) is 0 Å². The molecule has 0 saturated carbocycles. The van der Waals surface area contributed by atoms with Crippen LogP contribution < -0.4 is 0 Å². The van der Waals surface area contributed by atoms with Crippen LogP contribution in [-0.4, -0.2) is 26.2 Å². The molecule has 0 amide bonds. The van der Waals surface area contributed by atoms with Gasteiger partial charge in [0, 0.05) is 4.24 Å². The molecule has 0 unspecified atom stereocenters. The van der Waals surface area contributed by atoms with Gasteiger partial charge in [-0.1, -0.05) is 30.1 Å². The minimum Gasteiger partial charge on any atom is -0.465 e. The first kappa shape index (κ1) is 11.2. The monoisotopic (exact) mass is 232 g/mol. The van der Waals surface area contributed by atoms with Gasteiger partial charge in [-0.25, -0.2) is 9.59 Å². The molecule has 1 rings (SSSR count). The summed E-state index contributed by atoms with van der Waals surface area (Å²) < 4.78 is 9.71. The number of hydrogen-bond acceptors (Lipinski definition) is 6. The predicted molar refractivity (Wildman–Crippen MR) is 55.4 cm³/mol. The lowest BCUT2D eigenvalue weighted by Crippen LogP contribution is -2.08. The van der Waals surface area contributed by atoms with Gasteiger partial charge in [-0.3, -0.25) is 0 Å². The number of methoxy groups -OCH3 is 2. The maximum atomic E-state index is 11.2. The molecule has 0 aliphatic carbocycles. The van der Waals surface area contributed by atoms with E-state index >= 15 is 0 Å². The van der Waals surface area contributed by atoms with Gasteiger partial charge in [0.05, 0.1) is 14.2 Å². The molecule has 0 radical (unpaired) electrons. The average Bonchev–Trinajstić information content (AvgIpc) is 2.58. The van der Waals surface area contributed by atoms with E-state index in [0.717, 1.165) is 23.5 Å². The SMILES string of the molecule is C=C1SC(C(=O)OC)=C(C(=O)OC)S1. The number of carbonyl (C=O) groups is 2. The maximum absolute atomic E-state index is 11.2. The van der Waals surface area contributed by atoms with Crippen molar-refractivity contribution in [1.29, 1.82) is 0 Å². The fourth-order valence-electron chi connectivity index (χ4n) is 0.795. The van der Waals surface area contributed by atoms with Crippen molar-refractivity contribution in [2.75, 3.05) is 14.2 Å². The van der Waals surface area contributed by atoms with Crippen LogP contribution in [0.25, 0.3) is 0 Å². The van der Waals surface area contributed by atoms with Crippen molar-refractivity contribution >= 4 is 35.5 Å². The van der Waals surface area contributed by atoms with Crippen molar-refractivity contribution < 1.29 is 19.1 Å². The van der Waals surface area contributed by atoms with Crippen LogP contribution in [-0.2, 0) is 19.1 Å². The summed E-state index contributed by atoms with van der Waals surface area (Å²) in [7, 11) is 2.52. The quantitative estimate of drug-likeness (QED) is 0.672. The molecular formula is C8H8O4S2. The van der Waals surface area contributed by atoms with Crippen LogP contribution in [0, 0.1) is 0 Å². The highest BCUT2D eigenvalue weighted by Gasteiger charge is 2.31. The molecule has 76 valence electrons. The van der Waals surface area contributed by atoms with Gasteiger partial charge in [0.2, 0.25) is 0 Å². The van der Waals surface area contributed by atoms with Crippen molar-refractivity contribution in [3.63, 3.8) is 0 Å². The summed E-state index contributed by atoms with van der Waals surface area (Å²) in [6.07, 6.45) is 0. The highest BCUT2D eigenvalue weighted by molar-refractivity contribution is 8.29. The Balaban J connectivity index is 3.00. The maximum Gasteiger partial charge on any atom is 0.346 e. The first-order chi connectivity index (χ1) is 6.60. The molecule has 1 heterocycles. The molecule has 0 aromatic rings. The molecule has 6 heteroatoms. The van der Waals surface area contributed by atoms with Crippen LogP contribution >= 0.6 is 23.5 Å². The van der Waals surface area contributed by atoms with E-state index in [1.54, 1.807) is 0 Å². The summed E-state index contributed by atoms with van der Waals surface area (Å²) in [6, 6.07) is 0. The lowest BCUT2D eigenvalue weighted by Gasteiger charge is -2.00. The van der Waals surface area contributed by atoms with Gasteiger partial charge < -0.3 is 9.47 Å². The van der Waals surface area contributed by atoms with E-state index in [1.165, 1.54) is 14.2 Å². The Morgan fingerprint density at radius 1 is 1.07 bits per heavy atom. The molecular weight excluding hydrogens is 224 g/mol. The molecule has 0 aromatic heterocycles. The van der Waals surface area contributed by atoms with Crippen molar-refractivity contribution in [2.45, 2.75) is 0 Å². The number of carbonyl (C=O) groups excluding carboxylic acids is 2. The Kier molecular flexibility index (Phi) is 3.65. The standard InChI is InChI=1S/C8H8O4S2/c1-4-13-5(7(9)11-2)6(14-4)8(10)12-3/h1H2,2-3H3. The van der Waals surface area contributed by atoms with E-state index in [0.29, 0.717) is 4.24 Å². The van der Waals surface area contributed by atoms with Gasteiger partial charge in [0.25, 0.3) is 0 Å². The summed E-state index contributed by atoms with van der Waals surface area (Å²) in [4.78, 5) is 22.9. The summed E-state index contributed by atoms with van der Waals surface area (Å²) in [5, 5.41) is 0. The van der Waals surface area contributed by atoms with Crippen LogP contribution in [0.1, 0.15) is 0 Å². The molecule has 0 aromatic carbocycles. The normalized spacial score (nSPS) is 15.7. The molecule has 4 nitrogen and oxygen atoms in total. The zero-order valence-electron chi connectivity index (χ0n) is 7.66. The lowest BCUT2D eigenvalue weighted by molar-refractivity contribution is -0.138. The summed E-state index contributed by atoms with van der Waals surface area (Å²) in [5.41, 5.74) is 0. The zero-order chi connectivity index (χ0) is 10.7.